The zero-order valence-electron chi connectivity index (χ0n) is 5.66. The van der Waals surface area contributed by atoms with Crippen LogP contribution in [0, 0.1) is 18.3 Å². The molecule has 2 N–H and O–H groups in total. The molecule has 1 heterocycles. The van der Waals surface area contributed by atoms with Gasteiger partial charge in [-0.1, -0.05) is 0 Å². The second-order valence-corrected chi connectivity index (χ2v) is 3.08. The van der Waals surface area contributed by atoms with Gasteiger partial charge in [-0.3, -0.25) is 0 Å². The molecular formula is C7H8N2S. The molecule has 10 heavy (non-hydrogen) atoms. The number of nitriles is 1. The minimum Gasteiger partial charge on any atom is -0.312 e. The van der Waals surface area contributed by atoms with Crippen LogP contribution in [0.25, 0.3) is 0 Å². The van der Waals surface area contributed by atoms with Crippen LogP contribution in [0.4, 0.5) is 0 Å². The van der Waals surface area contributed by atoms with Gasteiger partial charge in [0.25, 0.3) is 0 Å². The van der Waals surface area contributed by atoms with Gasteiger partial charge in [-0.15, -0.1) is 11.3 Å². The van der Waals surface area contributed by atoms with Crippen molar-refractivity contribution in [3.8, 4) is 6.07 Å². The Balaban J connectivity index is 2.87. The summed E-state index contributed by atoms with van der Waals surface area (Å²) in [6.45, 7) is 1.99. The van der Waals surface area contributed by atoms with Gasteiger partial charge in [0.15, 0.2) is 0 Å². The van der Waals surface area contributed by atoms with E-state index in [1.165, 1.54) is 16.9 Å². The molecule has 0 saturated carbocycles. The van der Waals surface area contributed by atoms with E-state index in [2.05, 4.69) is 0 Å². The summed E-state index contributed by atoms with van der Waals surface area (Å²) in [5.41, 5.74) is 6.63. The first-order chi connectivity index (χ1) is 4.74. The molecule has 1 aromatic heterocycles. The van der Waals surface area contributed by atoms with E-state index in [0.29, 0.717) is 0 Å². The maximum Gasteiger partial charge on any atom is 0.128 e. The van der Waals surface area contributed by atoms with Crippen molar-refractivity contribution >= 4 is 11.3 Å². The molecule has 0 saturated heterocycles. The minimum absolute atomic E-state index is 0.446. The van der Waals surface area contributed by atoms with Crippen LogP contribution in [0.15, 0.2) is 11.4 Å². The van der Waals surface area contributed by atoms with Gasteiger partial charge in [0.05, 0.1) is 6.07 Å². The largest absolute Gasteiger partial charge is 0.312 e. The lowest BCUT2D eigenvalue weighted by molar-refractivity contribution is 0.950. The molecule has 0 spiro atoms. The summed E-state index contributed by atoms with van der Waals surface area (Å²) in [4.78, 5) is 0.944. The highest BCUT2D eigenvalue weighted by Gasteiger charge is 2.04. The minimum atomic E-state index is -0.446. The molecule has 2 nitrogen and oxygen atoms in total. The molecule has 0 aliphatic heterocycles. The number of aryl methyl sites for hydroxylation is 1. The SMILES string of the molecule is Cc1csc([C@H](N)C#N)c1. The molecule has 0 aliphatic rings. The van der Waals surface area contributed by atoms with E-state index in [1.807, 2.05) is 24.4 Å². The average Bonchev–Trinajstić information content (AvgIpc) is 2.34. The fourth-order valence-corrected chi connectivity index (χ4v) is 1.52. The Bertz CT molecular complexity index is 259. The van der Waals surface area contributed by atoms with Gasteiger partial charge in [-0.05, 0) is 23.9 Å². The molecule has 0 amide bonds. The average molecular weight is 152 g/mol. The van der Waals surface area contributed by atoms with Crippen molar-refractivity contribution in [1.29, 1.82) is 5.26 Å². The van der Waals surface area contributed by atoms with Gasteiger partial charge in [-0.25, -0.2) is 0 Å². The third kappa shape index (κ3) is 1.35. The Morgan fingerprint density at radius 3 is 2.90 bits per heavy atom. The first kappa shape index (κ1) is 7.26. The third-order valence-corrected chi connectivity index (χ3v) is 2.33. The lowest BCUT2D eigenvalue weighted by Crippen LogP contribution is -2.04. The summed E-state index contributed by atoms with van der Waals surface area (Å²) in [6, 6.07) is 3.48. The quantitative estimate of drug-likeness (QED) is 0.664. The highest BCUT2D eigenvalue weighted by molar-refractivity contribution is 7.10. The van der Waals surface area contributed by atoms with E-state index in [0.717, 1.165) is 4.88 Å². The Morgan fingerprint density at radius 2 is 2.50 bits per heavy atom. The Labute approximate surface area is 63.9 Å². The van der Waals surface area contributed by atoms with E-state index in [-0.39, 0.29) is 0 Å². The molecule has 3 heteroatoms. The Morgan fingerprint density at radius 1 is 1.80 bits per heavy atom. The second-order valence-electron chi connectivity index (χ2n) is 2.13. The molecule has 0 aromatic carbocycles. The van der Waals surface area contributed by atoms with Crippen LogP contribution in [0.1, 0.15) is 16.5 Å². The number of hydrogen-bond acceptors (Lipinski definition) is 3. The number of nitrogens with two attached hydrogens (primary N) is 1. The van der Waals surface area contributed by atoms with E-state index in [1.54, 1.807) is 0 Å². The molecule has 0 bridgehead atoms. The zero-order valence-corrected chi connectivity index (χ0v) is 6.48. The molecule has 0 unspecified atom stereocenters. The maximum absolute atomic E-state index is 8.43. The summed E-state index contributed by atoms with van der Waals surface area (Å²) in [6.07, 6.45) is 0. The van der Waals surface area contributed by atoms with Crippen LogP contribution in [0.3, 0.4) is 0 Å². The van der Waals surface area contributed by atoms with Gasteiger partial charge in [0.2, 0.25) is 0 Å². The summed E-state index contributed by atoms with van der Waals surface area (Å²) < 4.78 is 0. The molecular weight excluding hydrogens is 144 g/mol. The number of hydrogen-bond donors (Lipinski definition) is 1. The van der Waals surface area contributed by atoms with Crippen LogP contribution >= 0.6 is 11.3 Å². The lowest BCUT2D eigenvalue weighted by atomic mass is 10.2. The van der Waals surface area contributed by atoms with Crippen molar-refractivity contribution in [2.45, 2.75) is 13.0 Å². The van der Waals surface area contributed by atoms with Crippen LogP contribution < -0.4 is 5.73 Å². The standard InChI is InChI=1S/C7H8N2S/c1-5-2-7(10-4-5)6(9)3-8/h2,4,6H,9H2,1H3/t6-/m1/s1. The van der Waals surface area contributed by atoms with Crippen LogP contribution in [0.2, 0.25) is 0 Å². The monoisotopic (exact) mass is 152 g/mol. The van der Waals surface area contributed by atoms with Crippen molar-refractivity contribution < 1.29 is 0 Å². The van der Waals surface area contributed by atoms with E-state index in [4.69, 9.17) is 11.0 Å². The predicted molar refractivity (Wildman–Crippen MR) is 41.6 cm³/mol. The number of thiophene rings is 1. The van der Waals surface area contributed by atoms with Gasteiger partial charge in [0.1, 0.15) is 6.04 Å². The first-order valence-electron chi connectivity index (χ1n) is 2.94. The van der Waals surface area contributed by atoms with E-state index in [9.17, 15) is 0 Å². The highest BCUT2D eigenvalue weighted by Crippen LogP contribution is 2.18. The summed E-state index contributed by atoms with van der Waals surface area (Å²) in [5.74, 6) is 0. The number of nitrogens with zero attached hydrogens (tertiary/aromatic N) is 1. The highest BCUT2D eigenvalue weighted by atomic mass is 32.1. The Hall–Kier alpha value is -0.850. The Kier molecular flexibility index (Phi) is 2.05. The van der Waals surface area contributed by atoms with Crippen molar-refractivity contribution in [3.05, 3.63) is 21.9 Å². The summed E-state index contributed by atoms with van der Waals surface area (Å²) >= 11 is 1.53. The van der Waals surface area contributed by atoms with Crippen molar-refractivity contribution in [2.24, 2.45) is 5.73 Å². The van der Waals surface area contributed by atoms with Gasteiger partial charge >= 0.3 is 0 Å². The summed E-state index contributed by atoms with van der Waals surface area (Å²) in [7, 11) is 0. The fourth-order valence-electron chi connectivity index (χ4n) is 0.680. The van der Waals surface area contributed by atoms with Gasteiger partial charge < -0.3 is 5.73 Å². The zero-order chi connectivity index (χ0) is 7.56. The lowest BCUT2D eigenvalue weighted by Gasteiger charge is -1.93. The van der Waals surface area contributed by atoms with E-state index >= 15 is 0 Å². The predicted octanol–water partition coefficient (Wildman–Crippen LogP) is 1.58. The normalized spacial score (nSPS) is 12.5. The first-order valence-corrected chi connectivity index (χ1v) is 3.82. The molecule has 0 radical (unpaired) electrons. The summed E-state index contributed by atoms with van der Waals surface area (Å²) in [5, 5.41) is 10.4. The fraction of sp³-hybridized carbons (Fsp3) is 0.286. The van der Waals surface area contributed by atoms with Crippen molar-refractivity contribution in [2.75, 3.05) is 0 Å². The van der Waals surface area contributed by atoms with Crippen molar-refractivity contribution in [3.63, 3.8) is 0 Å². The van der Waals surface area contributed by atoms with Gasteiger partial charge in [0, 0.05) is 4.88 Å². The maximum atomic E-state index is 8.43. The molecule has 1 atom stereocenters. The van der Waals surface area contributed by atoms with Gasteiger partial charge in [-0.2, -0.15) is 5.26 Å². The molecule has 1 aromatic rings. The van der Waals surface area contributed by atoms with Crippen LogP contribution in [0.5, 0.6) is 0 Å². The topological polar surface area (TPSA) is 49.8 Å². The number of rotatable bonds is 1. The van der Waals surface area contributed by atoms with Crippen molar-refractivity contribution in [1.82, 2.24) is 0 Å². The molecule has 0 aliphatic carbocycles. The van der Waals surface area contributed by atoms with Crippen LogP contribution in [-0.4, -0.2) is 0 Å². The molecule has 0 fully saturated rings. The van der Waals surface area contributed by atoms with Crippen LogP contribution in [-0.2, 0) is 0 Å². The smallest absolute Gasteiger partial charge is 0.128 e. The molecule has 1 rings (SSSR count). The van der Waals surface area contributed by atoms with E-state index < -0.39 is 6.04 Å². The second kappa shape index (κ2) is 2.82. The third-order valence-electron chi connectivity index (χ3n) is 1.20. The molecule has 52 valence electrons.